The van der Waals surface area contributed by atoms with Gasteiger partial charge in [-0.3, -0.25) is 4.79 Å². The maximum atomic E-state index is 12.6. The first-order valence-electron chi connectivity index (χ1n) is 8.74. The van der Waals surface area contributed by atoms with Crippen molar-refractivity contribution in [1.82, 2.24) is 9.80 Å². The highest BCUT2D eigenvalue weighted by atomic mass is 16.2. The van der Waals surface area contributed by atoms with Gasteiger partial charge in [0.25, 0.3) is 5.91 Å². The smallest absolute Gasteiger partial charge is 0.265 e. The number of hydrogen-bond donors (Lipinski definition) is 0. The molecule has 0 radical (unpaired) electrons. The first-order chi connectivity index (χ1) is 10.6. The molecule has 0 bridgehead atoms. The Morgan fingerprint density at radius 1 is 0.955 bits per heavy atom. The van der Waals surface area contributed by atoms with Gasteiger partial charge in [-0.1, -0.05) is 38.5 Å². The predicted molar refractivity (Wildman–Crippen MR) is 88.0 cm³/mol. The molecule has 0 N–H and O–H groups in total. The Hall–Kier alpha value is -1.50. The van der Waals surface area contributed by atoms with Crippen molar-refractivity contribution < 1.29 is 4.79 Å². The van der Waals surface area contributed by atoms with Gasteiger partial charge < -0.3 is 9.80 Å². The van der Waals surface area contributed by atoms with Crippen LogP contribution >= 0.6 is 0 Å². The molecule has 0 aromatic heterocycles. The minimum absolute atomic E-state index is 0.114. The molecule has 0 aromatic carbocycles. The molecule has 22 heavy (non-hydrogen) atoms. The molecule has 2 aliphatic rings. The molecule has 0 unspecified atom stereocenters. The molecule has 2 saturated carbocycles. The molecule has 2 rings (SSSR count). The fourth-order valence-corrected chi connectivity index (χ4v) is 3.75. The molecule has 0 aliphatic heterocycles. The first kappa shape index (κ1) is 16.9. The SMILES string of the molecule is CN(/C=C(/C#N)C(=O)N(C)C1CCCCC1)C1CCCCC1. The summed E-state index contributed by atoms with van der Waals surface area (Å²) in [5.74, 6) is -0.114. The zero-order valence-electron chi connectivity index (χ0n) is 14.1. The van der Waals surface area contributed by atoms with Crippen LogP contribution in [0.4, 0.5) is 0 Å². The molecule has 0 heterocycles. The van der Waals surface area contributed by atoms with Crippen molar-refractivity contribution in [2.45, 2.75) is 76.3 Å². The van der Waals surface area contributed by atoms with Gasteiger partial charge in [0.1, 0.15) is 11.6 Å². The summed E-state index contributed by atoms with van der Waals surface area (Å²) in [6.07, 6.45) is 13.7. The number of amides is 1. The summed E-state index contributed by atoms with van der Waals surface area (Å²) in [4.78, 5) is 16.5. The largest absolute Gasteiger partial charge is 0.376 e. The number of likely N-dealkylation sites (N-methyl/N-ethyl adjacent to an activating group) is 1. The molecule has 0 spiro atoms. The normalized spacial score (nSPS) is 21.2. The van der Waals surface area contributed by atoms with Gasteiger partial charge in [-0.2, -0.15) is 5.26 Å². The maximum absolute atomic E-state index is 12.6. The van der Waals surface area contributed by atoms with Gasteiger partial charge in [-0.15, -0.1) is 0 Å². The van der Waals surface area contributed by atoms with Gasteiger partial charge in [0.05, 0.1) is 0 Å². The summed E-state index contributed by atoms with van der Waals surface area (Å²) in [5.41, 5.74) is 0.279. The molecule has 4 nitrogen and oxygen atoms in total. The van der Waals surface area contributed by atoms with Gasteiger partial charge in [0, 0.05) is 32.4 Å². The van der Waals surface area contributed by atoms with E-state index in [1.807, 2.05) is 14.1 Å². The molecule has 1 amide bonds. The van der Waals surface area contributed by atoms with Gasteiger partial charge in [-0.05, 0) is 25.7 Å². The predicted octanol–water partition coefficient (Wildman–Crippen LogP) is 3.45. The van der Waals surface area contributed by atoms with Crippen LogP contribution in [0.25, 0.3) is 0 Å². The van der Waals surface area contributed by atoms with Crippen LogP contribution in [0.5, 0.6) is 0 Å². The summed E-state index contributed by atoms with van der Waals surface area (Å²) in [6.45, 7) is 0. The lowest BCUT2D eigenvalue weighted by atomic mass is 9.94. The van der Waals surface area contributed by atoms with Crippen LogP contribution < -0.4 is 0 Å². The van der Waals surface area contributed by atoms with Crippen molar-refractivity contribution in [3.8, 4) is 6.07 Å². The van der Waals surface area contributed by atoms with Crippen LogP contribution in [0, 0.1) is 11.3 Å². The average molecular weight is 303 g/mol. The Kier molecular flexibility index (Phi) is 6.30. The third kappa shape index (κ3) is 4.25. The fourth-order valence-electron chi connectivity index (χ4n) is 3.75. The van der Waals surface area contributed by atoms with Gasteiger partial charge in [0.15, 0.2) is 0 Å². The number of nitrogens with zero attached hydrogens (tertiary/aromatic N) is 3. The molecular weight excluding hydrogens is 274 g/mol. The van der Waals surface area contributed by atoms with Crippen LogP contribution in [-0.4, -0.2) is 41.9 Å². The minimum Gasteiger partial charge on any atom is -0.376 e. The lowest BCUT2D eigenvalue weighted by Crippen LogP contribution is -2.39. The number of nitriles is 1. The number of carbonyl (C=O) groups is 1. The number of carbonyl (C=O) groups excluding carboxylic acids is 1. The summed E-state index contributed by atoms with van der Waals surface area (Å²) in [7, 11) is 3.85. The minimum atomic E-state index is -0.114. The van der Waals surface area contributed by atoms with Gasteiger partial charge >= 0.3 is 0 Å². The Labute approximate surface area is 134 Å². The topological polar surface area (TPSA) is 47.3 Å². The Balaban J connectivity index is 2.00. The Bertz CT molecular complexity index is 440. The molecule has 0 atom stereocenters. The number of hydrogen-bond acceptors (Lipinski definition) is 3. The average Bonchev–Trinajstić information content (AvgIpc) is 2.59. The van der Waals surface area contributed by atoms with E-state index in [1.54, 1.807) is 11.1 Å². The van der Waals surface area contributed by atoms with E-state index >= 15 is 0 Å². The van der Waals surface area contributed by atoms with Crippen molar-refractivity contribution in [3.05, 3.63) is 11.8 Å². The van der Waals surface area contributed by atoms with E-state index in [0.29, 0.717) is 12.1 Å². The lowest BCUT2D eigenvalue weighted by Gasteiger charge is -2.32. The second-order valence-electron chi connectivity index (χ2n) is 6.82. The quantitative estimate of drug-likeness (QED) is 0.590. The van der Waals surface area contributed by atoms with E-state index in [1.165, 1.54) is 51.4 Å². The van der Waals surface area contributed by atoms with Crippen molar-refractivity contribution >= 4 is 5.91 Å². The van der Waals surface area contributed by atoms with Crippen molar-refractivity contribution in [2.24, 2.45) is 0 Å². The summed E-state index contributed by atoms with van der Waals surface area (Å²) in [6, 6.07) is 2.90. The molecule has 4 heteroatoms. The summed E-state index contributed by atoms with van der Waals surface area (Å²) < 4.78 is 0. The van der Waals surface area contributed by atoms with E-state index < -0.39 is 0 Å². The molecule has 0 aromatic rings. The lowest BCUT2D eigenvalue weighted by molar-refractivity contribution is -0.128. The monoisotopic (exact) mass is 303 g/mol. The molecule has 2 aliphatic carbocycles. The summed E-state index contributed by atoms with van der Waals surface area (Å²) >= 11 is 0. The maximum Gasteiger partial charge on any atom is 0.265 e. The first-order valence-corrected chi connectivity index (χ1v) is 8.74. The van der Waals surface area contributed by atoms with Gasteiger partial charge in [-0.25, -0.2) is 0 Å². The van der Waals surface area contributed by atoms with E-state index in [0.717, 1.165) is 12.8 Å². The fraction of sp³-hybridized carbons (Fsp3) is 0.778. The van der Waals surface area contributed by atoms with E-state index in [2.05, 4.69) is 11.0 Å². The third-order valence-electron chi connectivity index (χ3n) is 5.28. The molecule has 122 valence electrons. The zero-order valence-corrected chi connectivity index (χ0v) is 14.1. The highest BCUT2D eigenvalue weighted by Crippen LogP contribution is 2.24. The molecule has 0 saturated heterocycles. The zero-order chi connectivity index (χ0) is 15.9. The van der Waals surface area contributed by atoms with Gasteiger partial charge in [0.2, 0.25) is 0 Å². The highest BCUT2D eigenvalue weighted by molar-refractivity contribution is 5.97. The van der Waals surface area contributed by atoms with E-state index in [9.17, 15) is 10.1 Å². The van der Waals surface area contributed by atoms with Crippen LogP contribution in [0.1, 0.15) is 64.2 Å². The van der Waals surface area contributed by atoms with Crippen molar-refractivity contribution in [3.63, 3.8) is 0 Å². The standard InChI is InChI=1S/C18H29N3O/c1-20(16-9-5-3-6-10-16)14-15(13-19)18(22)21(2)17-11-7-4-8-12-17/h14,16-17H,3-12H2,1-2H3/b15-14-. The Morgan fingerprint density at radius 3 is 1.95 bits per heavy atom. The number of rotatable bonds is 4. The molecule has 2 fully saturated rings. The third-order valence-corrected chi connectivity index (χ3v) is 5.28. The second-order valence-corrected chi connectivity index (χ2v) is 6.82. The molecular formula is C18H29N3O. The van der Waals surface area contributed by atoms with E-state index in [4.69, 9.17) is 0 Å². The van der Waals surface area contributed by atoms with Crippen LogP contribution in [0.15, 0.2) is 11.8 Å². The van der Waals surface area contributed by atoms with Crippen LogP contribution in [-0.2, 0) is 4.79 Å². The van der Waals surface area contributed by atoms with Crippen LogP contribution in [0.2, 0.25) is 0 Å². The Morgan fingerprint density at radius 2 is 1.45 bits per heavy atom. The van der Waals surface area contributed by atoms with Crippen molar-refractivity contribution in [2.75, 3.05) is 14.1 Å². The van der Waals surface area contributed by atoms with Crippen LogP contribution in [0.3, 0.4) is 0 Å². The second kappa shape index (κ2) is 8.22. The summed E-state index contributed by atoms with van der Waals surface area (Å²) in [5, 5.41) is 9.40. The highest BCUT2D eigenvalue weighted by Gasteiger charge is 2.25. The van der Waals surface area contributed by atoms with Crippen molar-refractivity contribution in [1.29, 1.82) is 5.26 Å². The van der Waals surface area contributed by atoms with E-state index in [-0.39, 0.29) is 11.5 Å².